The van der Waals surface area contributed by atoms with Crippen molar-refractivity contribution in [2.75, 3.05) is 19.6 Å². The minimum Gasteiger partial charge on any atom is -0.481 e. The molecule has 2 N–H and O–H groups in total. The molecule has 1 amide bonds. The second-order valence-electron chi connectivity index (χ2n) is 6.15. The van der Waals surface area contributed by atoms with Crippen LogP contribution in [0.1, 0.15) is 34.1 Å². The Kier molecular flexibility index (Phi) is 4.73. The van der Waals surface area contributed by atoms with Crippen molar-refractivity contribution in [3.05, 3.63) is 0 Å². The van der Waals surface area contributed by atoms with E-state index < -0.39 is 11.9 Å². The summed E-state index contributed by atoms with van der Waals surface area (Å²) in [4.78, 5) is 24.6. The quantitative estimate of drug-likeness (QED) is 0.785. The lowest BCUT2D eigenvalue weighted by Gasteiger charge is -2.22. The van der Waals surface area contributed by atoms with E-state index in [1.807, 2.05) is 6.92 Å². The second-order valence-corrected chi connectivity index (χ2v) is 6.15. The third-order valence-electron chi connectivity index (χ3n) is 3.28. The van der Waals surface area contributed by atoms with Crippen LogP contribution in [0.2, 0.25) is 0 Å². The fraction of sp³-hybridized carbons (Fsp3) is 0.846. The summed E-state index contributed by atoms with van der Waals surface area (Å²) in [7, 11) is 0. The van der Waals surface area contributed by atoms with Crippen molar-refractivity contribution in [1.29, 1.82) is 0 Å². The van der Waals surface area contributed by atoms with Crippen LogP contribution in [-0.2, 0) is 9.59 Å². The largest absolute Gasteiger partial charge is 0.481 e. The van der Waals surface area contributed by atoms with Gasteiger partial charge in [0, 0.05) is 31.6 Å². The molecule has 104 valence electrons. The molecular formula is C13H24N2O3. The van der Waals surface area contributed by atoms with Crippen molar-refractivity contribution in [1.82, 2.24) is 10.2 Å². The average Bonchev–Trinajstić information content (AvgIpc) is 2.58. The highest BCUT2D eigenvalue weighted by atomic mass is 16.4. The number of carboxylic acid groups (broad SMARTS) is 1. The molecule has 0 unspecified atom stereocenters. The fourth-order valence-electron chi connectivity index (χ4n) is 2.19. The molecule has 0 saturated carbocycles. The van der Waals surface area contributed by atoms with Gasteiger partial charge >= 0.3 is 5.97 Å². The summed E-state index contributed by atoms with van der Waals surface area (Å²) in [6.07, 6.45) is 0.427. The van der Waals surface area contributed by atoms with Crippen LogP contribution in [0.5, 0.6) is 0 Å². The number of carboxylic acids is 1. The Morgan fingerprint density at radius 1 is 1.33 bits per heavy atom. The Balaban J connectivity index is 2.38. The first-order chi connectivity index (χ1) is 8.20. The summed E-state index contributed by atoms with van der Waals surface area (Å²) in [5.41, 5.74) is 0.00216. The number of hydrogen-bond donors (Lipinski definition) is 2. The third-order valence-corrected chi connectivity index (χ3v) is 3.28. The van der Waals surface area contributed by atoms with Gasteiger partial charge < -0.3 is 15.3 Å². The zero-order chi connectivity index (χ0) is 13.9. The molecule has 0 aliphatic carbocycles. The molecule has 1 heterocycles. The van der Waals surface area contributed by atoms with Crippen LogP contribution < -0.4 is 5.32 Å². The molecule has 0 aromatic heterocycles. The van der Waals surface area contributed by atoms with E-state index in [2.05, 4.69) is 26.1 Å². The van der Waals surface area contributed by atoms with Crippen LogP contribution in [0.25, 0.3) is 0 Å². The van der Waals surface area contributed by atoms with Crippen molar-refractivity contribution in [2.45, 2.75) is 39.7 Å². The number of rotatable bonds is 4. The summed E-state index contributed by atoms with van der Waals surface area (Å²) in [5, 5.41) is 12.3. The SMILES string of the molecule is C[C@@H]1CN(C(=O)CCNC(C)(C)C)C[C@H]1C(=O)O. The van der Waals surface area contributed by atoms with Gasteiger partial charge in [-0.1, -0.05) is 6.92 Å². The molecule has 2 atom stereocenters. The Morgan fingerprint density at radius 3 is 2.39 bits per heavy atom. The lowest BCUT2D eigenvalue weighted by molar-refractivity contribution is -0.142. The number of aliphatic carboxylic acids is 1. The standard InChI is InChI=1S/C13H24N2O3/c1-9-7-15(8-10(9)12(17)18)11(16)5-6-14-13(2,3)4/h9-10,14H,5-8H2,1-4H3,(H,17,18)/t9-,10-/m1/s1. The van der Waals surface area contributed by atoms with Crippen molar-refractivity contribution in [2.24, 2.45) is 11.8 Å². The molecule has 0 spiro atoms. The lowest BCUT2D eigenvalue weighted by Crippen LogP contribution is -2.39. The Morgan fingerprint density at radius 2 is 1.94 bits per heavy atom. The average molecular weight is 256 g/mol. The summed E-state index contributed by atoms with van der Waals surface area (Å²) < 4.78 is 0. The summed E-state index contributed by atoms with van der Waals surface area (Å²) in [6, 6.07) is 0. The van der Waals surface area contributed by atoms with Crippen LogP contribution in [-0.4, -0.2) is 47.1 Å². The van der Waals surface area contributed by atoms with E-state index in [0.717, 1.165) is 0 Å². The number of nitrogens with zero attached hydrogens (tertiary/aromatic N) is 1. The van der Waals surface area contributed by atoms with Gasteiger partial charge in [-0.3, -0.25) is 9.59 Å². The fourth-order valence-corrected chi connectivity index (χ4v) is 2.19. The van der Waals surface area contributed by atoms with Crippen LogP contribution in [0.3, 0.4) is 0 Å². The third kappa shape index (κ3) is 4.29. The predicted molar refractivity (Wildman–Crippen MR) is 69.2 cm³/mol. The highest BCUT2D eigenvalue weighted by Gasteiger charge is 2.36. The normalized spacial score (nSPS) is 24.3. The van der Waals surface area contributed by atoms with Gasteiger partial charge in [-0.05, 0) is 26.7 Å². The van der Waals surface area contributed by atoms with Crippen LogP contribution in [0, 0.1) is 11.8 Å². The monoisotopic (exact) mass is 256 g/mol. The summed E-state index contributed by atoms with van der Waals surface area (Å²) >= 11 is 0. The Labute approximate surface area is 109 Å². The summed E-state index contributed by atoms with van der Waals surface area (Å²) in [5.74, 6) is -1.13. The maximum Gasteiger partial charge on any atom is 0.308 e. The molecule has 1 aliphatic heterocycles. The van der Waals surface area contributed by atoms with Gasteiger partial charge in [0.25, 0.3) is 0 Å². The van der Waals surface area contributed by atoms with Gasteiger partial charge in [0.2, 0.25) is 5.91 Å². The molecule has 1 fully saturated rings. The van der Waals surface area contributed by atoms with Crippen LogP contribution in [0.4, 0.5) is 0 Å². The minimum absolute atomic E-state index is 0.00216. The molecule has 0 aromatic rings. The van der Waals surface area contributed by atoms with Crippen molar-refractivity contribution in [3.8, 4) is 0 Å². The molecule has 0 radical (unpaired) electrons. The van der Waals surface area contributed by atoms with Gasteiger partial charge in [-0.2, -0.15) is 0 Å². The molecule has 0 aromatic carbocycles. The van der Waals surface area contributed by atoms with E-state index in [0.29, 0.717) is 26.1 Å². The van der Waals surface area contributed by atoms with Gasteiger partial charge in [-0.25, -0.2) is 0 Å². The number of nitrogens with one attached hydrogen (secondary N) is 1. The van der Waals surface area contributed by atoms with E-state index in [1.54, 1.807) is 4.90 Å². The van der Waals surface area contributed by atoms with E-state index in [9.17, 15) is 9.59 Å². The number of carbonyl (C=O) groups is 2. The van der Waals surface area contributed by atoms with Crippen LogP contribution in [0.15, 0.2) is 0 Å². The first-order valence-corrected chi connectivity index (χ1v) is 6.46. The topological polar surface area (TPSA) is 69.6 Å². The highest BCUT2D eigenvalue weighted by Crippen LogP contribution is 2.23. The lowest BCUT2D eigenvalue weighted by atomic mass is 9.99. The maximum atomic E-state index is 11.9. The van der Waals surface area contributed by atoms with Gasteiger partial charge in [0.05, 0.1) is 5.92 Å². The number of hydrogen-bond acceptors (Lipinski definition) is 3. The molecule has 5 nitrogen and oxygen atoms in total. The predicted octanol–water partition coefficient (Wildman–Crippen LogP) is 0.944. The second kappa shape index (κ2) is 5.69. The van der Waals surface area contributed by atoms with E-state index in [4.69, 9.17) is 5.11 Å². The van der Waals surface area contributed by atoms with Gasteiger partial charge in [0.15, 0.2) is 0 Å². The molecule has 18 heavy (non-hydrogen) atoms. The van der Waals surface area contributed by atoms with E-state index in [-0.39, 0.29) is 17.4 Å². The molecule has 0 bridgehead atoms. The minimum atomic E-state index is -0.800. The van der Waals surface area contributed by atoms with Gasteiger partial charge in [0.1, 0.15) is 0 Å². The van der Waals surface area contributed by atoms with Crippen molar-refractivity contribution in [3.63, 3.8) is 0 Å². The van der Waals surface area contributed by atoms with Crippen molar-refractivity contribution >= 4 is 11.9 Å². The first-order valence-electron chi connectivity index (χ1n) is 6.46. The zero-order valence-corrected chi connectivity index (χ0v) is 11.7. The first kappa shape index (κ1) is 15.0. The van der Waals surface area contributed by atoms with E-state index >= 15 is 0 Å². The van der Waals surface area contributed by atoms with Crippen molar-refractivity contribution < 1.29 is 14.7 Å². The number of amides is 1. The number of likely N-dealkylation sites (tertiary alicyclic amines) is 1. The zero-order valence-electron chi connectivity index (χ0n) is 11.7. The van der Waals surface area contributed by atoms with E-state index in [1.165, 1.54) is 0 Å². The molecule has 5 heteroatoms. The van der Waals surface area contributed by atoms with Crippen LogP contribution >= 0.6 is 0 Å². The number of carbonyl (C=O) groups excluding carboxylic acids is 1. The Bertz CT molecular complexity index is 323. The summed E-state index contributed by atoms with van der Waals surface area (Å²) in [6.45, 7) is 9.59. The molecule has 1 saturated heterocycles. The highest BCUT2D eigenvalue weighted by molar-refractivity contribution is 5.79. The Hall–Kier alpha value is -1.10. The maximum absolute atomic E-state index is 11.9. The smallest absolute Gasteiger partial charge is 0.308 e. The molecule has 1 aliphatic rings. The molecule has 1 rings (SSSR count). The molecular weight excluding hydrogens is 232 g/mol. The van der Waals surface area contributed by atoms with Gasteiger partial charge in [-0.15, -0.1) is 0 Å².